The van der Waals surface area contributed by atoms with Crippen molar-refractivity contribution >= 4 is 5.91 Å². The van der Waals surface area contributed by atoms with Crippen molar-refractivity contribution in [3.05, 3.63) is 30.1 Å². The third-order valence-corrected chi connectivity index (χ3v) is 5.03. The molecule has 3 heteroatoms. The number of amides is 1. The Morgan fingerprint density at radius 3 is 2.63 bits per heavy atom. The second kappa shape index (κ2) is 4.95. The Hall–Kier alpha value is -1.38. The van der Waals surface area contributed by atoms with Crippen LogP contribution in [-0.2, 0) is 7.05 Å². The van der Waals surface area contributed by atoms with Gasteiger partial charge in [0.05, 0.1) is 5.56 Å². The second-order valence-corrected chi connectivity index (χ2v) is 6.35. The minimum absolute atomic E-state index is 0.0656. The molecule has 0 unspecified atom stereocenters. The van der Waals surface area contributed by atoms with Gasteiger partial charge >= 0.3 is 0 Å². The lowest BCUT2D eigenvalue weighted by Gasteiger charge is -2.28. The first-order chi connectivity index (χ1) is 9.13. The highest BCUT2D eigenvalue weighted by Gasteiger charge is 2.42. The van der Waals surface area contributed by atoms with E-state index in [1.165, 1.54) is 25.7 Å². The first-order valence-corrected chi connectivity index (χ1v) is 7.39. The van der Waals surface area contributed by atoms with E-state index in [4.69, 9.17) is 0 Å². The van der Waals surface area contributed by atoms with Crippen molar-refractivity contribution in [2.75, 3.05) is 0 Å². The lowest BCUT2D eigenvalue weighted by molar-refractivity contribution is -0.671. The van der Waals surface area contributed by atoms with Crippen molar-refractivity contribution < 1.29 is 9.36 Å². The van der Waals surface area contributed by atoms with Crippen LogP contribution in [0.5, 0.6) is 0 Å². The number of carbonyl (C=O) groups excluding carboxylic acids is 1. The number of fused-ring (bicyclic) bond motifs is 2. The van der Waals surface area contributed by atoms with E-state index in [1.807, 2.05) is 36.1 Å². The summed E-state index contributed by atoms with van der Waals surface area (Å²) in [7, 11) is 1.96. The van der Waals surface area contributed by atoms with Gasteiger partial charge in [0.1, 0.15) is 7.05 Å². The second-order valence-electron chi connectivity index (χ2n) is 6.35. The summed E-state index contributed by atoms with van der Waals surface area (Å²) in [4.78, 5) is 12.2. The molecule has 4 atom stereocenters. The fraction of sp³-hybridized carbons (Fsp3) is 0.625. The van der Waals surface area contributed by atoms with E-state index in [1.54, 1.807) is 0 Å². The van der Waals surface area contributed by atoms with Gasteiger partial charge in [0.25, 0.3) is 5.91 Å². The molecule has 2 aliphatic rings. The quantitative estimate of drug-likeness (QED) is 0.828. The predicted molar refractivity (Wildman–Crippen MR) is 73.5 cm³/mol. The Morgan fingerprint density at radius 2 is 2.05 bits per heavy atom. The average Bonchev–Trinajstić information content (AvgIpc) is 3.01. The van der Waals surface area contributed by atoms with Crippen LogP contribution >= 0.6 is 0 Å². The first-order valence-electron chi connectivity index (χ1n) is 7.39. The molecule has 1 N–H and O–H groups in total. The molecule has 0 saturated heterocycles. The smallest absolute Gasteiger partial charge is 0.251 e. The van der Waals surface area contributed by atoms with Gasteiger partial charge in [0, 0.05) is 18.2 Å². The summed E-state index contributed by atoms with van der Waals surface area (Å²) >= 11 is 0. The lowest BCUT2D eigenvalue weighted by Crippen LogP contribution is -2.40. The molecule has 19 heavy (non-hydrogen) atoms. The Labute approximate surface area is 115 Å². The molecule has 2 saturated carbocycles. The van der Waals surface area contributed by atoms with Gasteiger partial charge in [-0.05, 0) is 43.9 Å². The summed E-state index contributed by atoms with van der Waals surface area (Å²) in [5, 5.41) is 3.19. The molecule has 102 valence electrons. The number of aromatic nitrogens is 1. The van der Waals surface area contributed by atoms with Gasteiger partial charge in [-0.3, -0.25) is 4.79 Å². The van der Waals surface area contributed by atoms with E-state index in [9.17, 15) is 4.79 Å². The molecule has 2 fully saturated rings. The summed E-state index contributed by atoms with van der Waals surface area (Å²) in [6, 6.07) is 4.06. The number of nitrogens with one attached hydrogen (secondary N) is 1. The van der Waals surface area contributed by atoms with Crippen molar-refractivity contribution in [2.45, 2.75) is 38.6 Å². The Bertz CT molecular complexity index is 468. The van der Waals surface area contributed by atoms with Crippen molar-refractivity contribution in [1.82, 2.24) is 5.32 Å². The molecule has 0 spiro atoms. The maximum atomic E-state index is 12.2. The number of hydrogen-bond acceptors (Lipinski definition) is 1. The standard InChI is InChI=1S/C16H22N2O/c1-11(15-10-12-3-4-14(15)9-12)17-16(19)13-5-7-18(2)8-6-13/h5-8,11-12,14-15H,3-4,9-10H2,1-2H3/p+1/t11-,12-,14+,15+/m1/s1. The maximum Gasteiger partial charge on any atom is 0.251 e. The van der Waals surface area contributed by atoms with E-state index >= 15 is 0 Å². The number of nitrogens with zero attached hydrogens (tertiary/aromatic N) is 1. The number of aryl methyl sites for hydroxylation is 1. The van der Waals surface area contributed by atoms with E-state index in [0.717, 1.165) is 17.4 Å². The Morgan fingerprint density at radius 1 is 1.32 bits per heavy atom. The van der Waals surface area contributed by atoms with Crippen LogP contribution in [0.25, 0.3) is 0 Å². The number of carbonyl (C=O) groups is 1. The molecule has 2 aliphatic carbocycles. The molecule has 1 aromatic heterocycles. The van der Waals surface area contributed by atoms with Gasteiger partial charge in [-0.15, -0.1) is 0 Å². The Balaban J connectivity index is 1.61. The molecule has 1 aromatic rings. The minimum Gasteiger partial charge on any atom is -0.349 e. The molecule has 3 nitrogen and oxygen atoms in total. The maximum absolute atomic E-state index is 12.2. The monoisotopic (exact) mass is 259 g/mol. The Kier molecular flexibility index (Phi) is 3.29. The van der Waals surface area contributed by atoms with Crippen LogP contribution < -0.4 is 9.88 Å². The van der Waals surface area contributed by atoms with Crippen LogP contribution in [0, 0.1) is 17.8 Å². The molecule has 1 amide bonds. The fourth-order valence-electron chi connectivity index (χ4n) is 3.96. The van der Waals surface area contributed by atoms with Gasteiger partial charge in [0.15, 0.2) is 12.4 Å². The van der Waals surface area contributed by atoms with Gasteiger partial charge < -0.3 is 5.32 Å². The average molecular weight is 259 g/mol. The van der Waals surface area contributed by atoms with Gasteiger partial charge in [-0.2, -0.15) is 0 Å². The van der Waals surface area contributed by atoms with Crippen LogP contribution in [0.15, 0.2) is 24.5 Å². The molecular formula is C16H23N2O+. The molecule has 1 heterocycles. The van der Waals surface area contributed by atoms with E-state index in [2.05, 4.69) is 12.2 Å². The fourth-order valence-corrected chi connectivity index (χ4v) is 3.96. The largest absolute Gasteiger partial charge is 0.349 e. The van der Waals surface area contributed by atoms with E-state index in [0.29, 0.717) is 12.0 Å². The normalized spacial score (nSPS) is 30.3. The predicted octanol–water partition coefficient (Wildman–Crippen LogP) is 2.07. The molecule has 3 rings (SSSR count). The van der Waals surface area contributed by atoms with Crippen molar-refractivity contribution in [3.63, 3.8) is 0 Å². The van der Waals surface area contributed by atoms with Crippen LogP contribution in [-0.4, -0.2) is 11.9 Å². The number of rotatable bonds is 3. The summed E-state index contributed by atoms with van der Waals surface area (Å²) in [6.07, 6.45) is 9.32. The van der Waals surface area contributed by atoms with Crippen LogP contribution in [0.1, 0.15) is 43.0 Å². The first kappa shape index (κ1) is 12.6. The molecule has 2 bridgehead atoms. The highest BCUT2D eigenvalue weighted by molar-refractivity contribution is 5.94. The molecular weight excluding hydrogens is 236 g/mol. The number of hydrogen-bond donors (Lipinski definition) is 1. The van der Waals surface area contributed by atoms with Crippen molar-refractivity contribution in [1.29, 1.82) is 0 Å². The summed E-state index contributed by atoms with van der Waals surface area (Å²) in [5.41, 5.74) is 0.758. The van der Waals surface area contributed by atoms with E-state index < -0.39 is 0 Å². The summed E-state index contributed by atoms with van der Waals surface area (Å²) in [5.74, 6) is 2.55. The van der Waals surface area contributed by atoms with Gasteiger partial charge in [-0.25, -0.2) is 4.57 Å². The van der Waals surface area contributed by atoms with Gasteiger partial charge in [0.2, 0.25) is 0 Å². The molecule has 0 aromatic carbocycles. The molecule has 0 radical (unpaired) electrons. The third kappa shape index (κ3) is 2.51. The van der Waals surface area contributed by atoms with Gasteiger partial charge in [-0.1, -0.05) is 6.42 Å². The summed E-state index contributed by atoms with van der Waals surface area (Å²) < 4.78 is 1.94. The topological polar surface area (TPSA) is 33.0 Å². The van der Waals surface area contributed by atoms with E-state index in [-0.39, 0.29) is 5.91 Å². The highest BCUT2D eigenvalue weighted by atomic mass is 16.1. The zero-order valence-corrected chi connectivity index (χ0v) is 11.8. The highest BCUT2D eigenvalue weighted by Crippen LogP contribution is 2.49. The molecule has 0 aliphatic heterocycles. The zero-order chi connectivity index (χ0) is 13.4. The van der Waals surface area contributed by atoms with Crippen molar-refractivity contribution in [2.24, 2.45) is 24.8 Å². The van der Waals surface area contributed by atoms with Crippen LogP contribution in [0.2, 0.25) is 0 Å². The SMILES string of the molecule is C[C@@H](NC(=O)c1cc[n+](C)cc1)[C@@H]1C[C@@H]2CC[C@H]1C2. The number of pyridine rings is 1. The van der Waals surface area contributed by atoms with Crippen LogP contribution in [0.4, 0.5) is 0 Å². The zero-order valence-electron chi connectivity index (χ0n) is 11.8. The van der Waals surface area contributed by atoms with Crippen molar-refractivity contribution in [3.8, 4) is 0 Å². The summed E-state index contributed by atoms with van der Waals surface area (Å²) in [6.45, 7) is 2.17. The minimum atomic E-state index is 0.0656. The van der Waals surface area contributed by atoms with Crippen LogP contribution in [0.3, 0.4) is 0 Å². The lowest BCUT2D eigenvalue weighted by atomic mass is 9.84. The third-order valence-electron chi connectivity index (χ3n) is 5.03.